The molecule has 0 aliphatic carbocycles. The summed E-state index contributed by atoms with van der Waals surface area (Å²) < 4.78 is 6.65. The highest BCUT2D eigenvalue weighted by atomic mass is 35.5. The number of aromatic nitrogens is 4. The quantitative estimate of drug-likeness (QED) is 0.613. The summed E-state index contributed by atoms with van der Waals surface area (Å²) in [5, 5.41) is 4.90. The van der Waals surface area contributed by atoms with Gasteiger partial charge in [0.1, 0.15) is 16.0 Å². The van der Waals surface area contributed by atoms with Crippen LogP contribution in [0.25, 0.3) is 0 Å². The van der Waals surface area contributed by atoms with Crippen LogP contribution in [0.5, 0.6) is 0 Å². The molecule has 2 N–H and O–H groups in total. The Morgan fingerprint density at radius 3 is 2.62 bits per heavy atom. The summed E-state index contributed by atoms with van der Waals surface area (Å²) in [7, 11) is 1.71. The number of anilines is 3. The zero-order chi connectivity index (χ0) is 17.9. The van der Waals surface area contributed by atoms with E-state index in [1.165, 1.54) is 0 Å². The number of nitrogens with zero attached hydrogens (tertiary/aromatic N) is 5. The maximum absolute atomic E-state index is 11.8. The van der Waals surface area contributed by atoms with Crippen LogP contribution in [0.15, 0.2) is 6.20 Å². The van der Waals surface area contributed by atoms with Gasteiger partial charge in [-0.05, 0) is 13.8 Å². The minimum absolute atomic E-state index is 0.0134. The second-order valence-corrected chi connectivity index (χ2v) is 5.64. The van der Waals surface area contributed by atoms with Crippen molar-refractivity contribution in [2.45, 2.75) is 26.8 Å². The molecule has 0 radical (unpaired) electrons. The zero-order valence-electron chi connectivity index (χ0n) is 13.6. The first-order chi connectivity index (χ1) is 11.4. The van der Waals surface area contributed by atoms with E-state index in [2.05, 4.69) is 15.1 Å². The van der Waals surface area contributed by atoms with Crippen LogP contribution in [-0.4, -0.2) is 39.4 Å². The van der Waals surface area contributed by atoms with Crippen molar-refractivity contribution >= 4 is 46.8 Å². The van der Waals surface area contributed by atoms with Crippen molar-refractivity contribution in [3.8, 4) is 0 Å². The van der Waals surface area contributed by atoms with Gasteiger partial charge in [0.15, 0.2) is 5.82 Å². The Balaban J connectivity index is 2.47. The highest BCUT2D eigenvalue weighted by Crippen LogP contribution is 2.33. The molecule has 0 saturated carbocycles. The van der Waals surface area contributed by atoms with Crippen LogP contribution >= 0.6 is 23.2 Å². The summed E-state index contributed by atoms with van der Waals surface area (Å²) in [6.45, 7) is 4.60. The molecule has 0 aliphatic rings. The lowest BCUT2D eigenvalue weighted by Crippen LogP contribution is -2.19. The van der Waals surface area contributed by atoms with Gasteiger partial charge in [0.25, 0.3) is 0 Å². The molecule has 2 aromatic heterocycles. The standard InChI is InChI=1S/C14H18Cl2N6O2/c1-4-22-7-9(15)13(20-22)21(3)12-8(6-10(23)24-5-2)11(16)18-14(17)19-12/h7H,4-6H2,1-3H3,(H2,17,18,19). The molecule has 0 bridgehead atoms. The molecule has 0 amide bonds. The molecule has 0 unspecified atom stereocenters. The molecule has 24 heavy (non-hydrogen) atoms. The summed E-state index contributed by atoms with van der Waals surface area (Å²) in [5.41, 5.74) is 6.09. The molecule has 2 rings (SSSR count). The van der Waals surface area contributed by atoms with Gasteiger partial charge in [-0.15, -0.1) is 0 Å². The molecule has 0 fully saturated rings. The predicted molar refractivity (Wildman–Crippen MR) is 92.8 cm³/mol. The van der Waals surface area contributed by atoms with E-state index in [-0.39, 0.29) is 24.1 Å². The largest absolute Gasteiger partial charge is 0.466 e. The summed E-state index contributed by atoms with van der Waals surface area (Å²) in [5.74, 6) is 0.370. The number of aryl methyl sites for hydroxylation is 1. The number of rotatable bonds is 6. The fraction of sp³-hybridized carbons (Fsp3) is 0.429. The Bertz CT molecular complexity index is 749. The number of halogens is 2. The molecule has 0 atom stereocenters. The number of nitrogen functional groups attached to an aromatic ring is 1. The summed E-state index contributed by atoms with van der Waals surface area (Å²) in [6, 6.07) is 0. The van der Waals surface area contributed by atoms with Gasteiger partial charge in [0.05, 0.1) is 13.0 Å². The second-order valence-electron chi connectivity index (χ2n) is 4.87. The minimum atomic E-state index is -0.437. The third kappa shape index (κ3) is 3.88. The summed E-state index contributed by atoms with van der Waals surface area (Å²) in [4.78, 5) is 21.6. The molecule has 0 spiro atoms. The van der Waals surface area contributed by atoms with E-state index in [1.807, 2.05) is 6.92 Å². The van der Waals surface area contributed by atoms with E-state index < -0.39 is 5.97 Å². The van der Waals surface area contributed by atoms with Crippen LogP contribution in [0, 0.1) is 0 Å². The lowest BCUT2D eigenvalue weighted by molar-refractivity contribution is -0.142. The molecule has 2 aromatic rings. The topological polar surface area (TPSA) is 99.2 Å². The molecule has 130 valence electrons. The van der Waals surface area contributed by atoms with Crippen molar-refractivity contribution in [3.05, 3.63) is 21.9 Å². The average Bonchev–Trinajstić information content (AvgIpc) is 2.90. The van der Waals surface area contributed by atoms with Crippen molar-refractivity contribution < 1.29 is 9.53 Å². The Labute approximate surface area is 149 Å². The number of hydrogen-bond donors (Lipinski definition) is 1. The van der Waals surface area contributed by atoms with E-state index in [0.717, 1.165) is 0 Å². The van der Waals surface area contributed by atoms with E-state index in [9.17, 15) is 4.79 Å². The molecule has 0 aliphatic heterocycles. The SMILES string of the molecule is CCOC(=O)Cc1c(Cl)nc(N)nc1N(C)c1nn(CC)cc1Cl. The average molecular weight is 373 g/mol. The van der Waals surface area contributed by atoms with Gasteiger partial charge >= 0.3 is 5.97 Å². The smallest absolute Gasteiger partial charge is 0.310 e. The van der Waals surface area contributed by atoms with Crippen LogP contribution in [-0.2, 0) is 22.5 Å². The number of nitrogens with two attached hydrogens (primary N) is 1. The van der Waals surface area contributed by atoms with Gasteiger partial charge in [-0.25, -0.2) is 4.98 Å². The van der Waals surface area contributed by atoms with E-state index in [1.54, 1.807) is 29.7 Å². The van der Waals surface area contributed by atoms with Crippen LogP contribution in [0.3, 0.4) is 0 Å². The fourth-order valence-corrected chi connectivity index (χ4v) is 2.64. The monoisotopic (exact) mass is 372 g/mol. The molecule has 10 heteroatoms. The van der Waals surface area contributed by atoms with Gasteiger partial charge in [0.2, 0.25) is 5.95 Å². The van der Waals surface area contributed by atoms with Crippen LogP contribution in [0.2, 0.25) is 10.2 Å². The van der Waals surface area contributed by atoms with Gasteiger partial charge in [-0.3, -0.25) is 9.48 Å². The highest BCUT2D eigenvalue weighted by molar-refractivity contribution is 6.33. The minimum Gasteiger partial charge on any atom is -0.466 e. The van der Waals surface area contributed by atoms with E-state index in [0.29, 0.717) is 28.8 Å². The van der Waals surface area contributed by atoms with Crippen molar-refractivity contribution in [3.63, 3.8) is 0 Å². The molecular weight excluding hydrogens is 355 g/mol. The van der Waals surface area contributed by atoms with Gasteiger partial charge in [-0.1, -0.05) is 23.2 Å². The molecular formula is C14H18Cl2N6O2. The molecule has 0 aromatic carbocycles. The van der Waals surface area contributed by atoms with Crippen LogP contribution in [0.1, 0.15) is 19.4 Å². The van der Waals surface area contributed by atoms with Gasteiger partial charge in [-0.2, -0.15) is 10.1 Å². The molecule has 2 heterocycles. The Morgan fingerprint density at radius 2 is 2.04 bits per heavy atom. The van der Waals surface area contributed by atoms with Crippen LogP contribution < -0.4 is 10.6 Å². The van der Waals surface area contributed by atoms with Crippen LogP contribution in [0.4, 0.5) is 17.6 Å². The number of carbonyl (C=O) groups is 1. The first-order valence-electron chi connectivity index (χ1n) is 7.31. The number of esters is 1. The van der Waals surface area contributed by atoms with Crippen molar-refractivity contribution in [1.82, 2.24) is 19.7 Å². The molecule has 8 nitrogen and oxygen atoms in total. The van der Waals surface area contributed by atoms with E-state index >= 15 is 0 Å². The Kier molecular flexibility index (Phi) is 5.84. The Morgan fingerprint density at radius 1 is 1.33 bits per heavy atom. The number of ether oxygens (including phenoxy) is 1. The summed E-state index contributed by atoms with van der Waals surface area (Å²) in [6.07, 6.45) is 1.61. The van der Waals surface area contributed by atoms with Crippen molar-refractivity contribution in [2.75, 3.05) is 24.3 Å². The lowest BCUT2D eigenvalue weighted by atomic mass is 10.2. The number of carbonyl (C=O) groups excluding carboxylic acids is 1. The lowest BCUT2D eigenvalue weighted by Gasteiger charge is -2.20. The zero-order valence-corrected chi connectivity index (χ0v) is 15.1. The third-order valence-electron chi connectivity index (χ3n) is 3.24. The number of hydrogen-bond acceptors (Lipinski definition) is 7. The molecule has 0 saturated heterocycles. The first-order valence-corrected chi connectivity index (χ1v) is 8.07. The first kappa shape index (κ1) is 18.3. The normalized spacial score (nSPS) is 10.7. The maximum atomic E-state index is 11.8. The third-order valence-corrected chi connectivity index (χ3v) is 3.82. The fourth-order valence-electron chi connectivity index (χ4n) is 2.12. The van der Waals surface area contributed by atoms with E-state index in [4.69, 9.17) is 33.7 Å². The summed E-state index contributed by atoms with van der Waals surface area (Å²) >= 11 is 12.4. The maximum Gasteiger partial charge on any atom is 0.310 e. The van der Waals surface area contributed by atoms with Crippen molar-refractivity contribution in [2.24, 2.45) is 0 Å². The van der Waals surface area contributed by atoms with Crippen molar-refractivity contribution in [1.29, 1.82) is 0 Å². The second kappa shape index (κ2) is 7.67. The van der Waals surface area contributed by atoms with Gasteiger partial charge < -0.3 is 15.4 Å². The Hall–Kier alpha value is -2.06. The van der Waals surface area contributed by atoms with Gasteiger partial charge in [0, 0.05) is 25.4 Å². The predicted octanol–water partition coefficient (Wildman–Crippen LogP) is 2.46. The highest BCUT2D eigenvalue weighted by Gasteiger charge is 2.23.